The number of benzene rings is 1. The molecule has 1 unspecified atom stereocenters. The lowest BCUT2D eigenvalue weighted by molar-refractivity contribution is -0.140. The van der Waals surface area contributed by atoms with Crippen LogP contribution in [-0.4, -0.2) is 30.5 Å². The van der Waals surface area contributed by atoms with Crippen LogP contribution in [0.4, 0.5) is 5.69 Å². The molecule has 4 nitrogen and oxygen atoms in total. The average molecular weight is 235 g/mol. The van der Waals surface area contributed by atoms with Gasteiger partial charge < -0.3 is 10.0 Å². The predicted molar refractivity (Wildman–Crippen MR) is 66.5 cm³/mol. The normalized spacial score (nSPS) is 11.9. The van der Waals surface area contributed by atoms with Gasteiger partial charge in [-0.2, -0.15) is 0 Å². The number of aliphatic carboxylic acids is 1. The molecule has 0 heterocycles. The predicted octanol–water partition coefficient (Wildman–Crippen LogP) is 2.05. The summed E-state index contributed by atoms with van der Waals surface area (Å²) < 4.78 is 0. The van der Waals surface area contributed by atoms with Gasteiger partial charge in [0.05, 0.1) is 5.92 Å². The van der Waals surface area contributed by atoms with Crippen molar-refractivity contribution in [2.24, 2.45) is 5.92 Å². The molecule has 92 valence electrons. The SMILES string of the molecule is CC(=O)c1ccc(N(C)CC(C)C(=O)O)cc1. The number of rotatable bonds is 5. The molecule has 1 aromatic rings. The van der Waals surface area contributed by atoms with Crippen LogP contribution in [0.5, 0.6) is 0 Å². The van der Waals surface area contributed by atoms with E-state index in [4.69, 9.17) is 5.11 Å². The fraction of sp³-hybridized carbons (Fsp3) is 0.385. The van der Waals surface area contributed by atoms with Gasteiger partial charge in [0.1, 0.15) is 0 Å². The van der Waals surface area contributed by atoms with E-state index in [2.05, 4.69) is 0 Å². The summed E-state index contributed by atoms with van der Waals surface area (Å²) in [6.07, 6.45) is 0. The lowest BCUT2D eigenvalue weighted by Gasteiger charge is -2.21. The Balaban J connectivity index is 2.73. The number of ketones is 1. The molecular weight excluding hydrogens is 218 g/mol. The van der Waals surface area contributed by atoms with Crippen LogP contribution in [-0.2, 0) is 4.79 Å². The Morgan fingerprint density at radius 2 is 1.82 bits per heavy atom. The van der Waals surface area contributed by atoms with Gasteiger partial charge in [-0.3, -0.25) is 9.59 Å². The van der Waals surface area contributed by atoms with Crippen LogP contribution in [0.25, 0.3) is 0 Å². The molecule has 0 aromatic heterocycles. The third-order valence-corrected chi connectivity index (χ3v) is 2.68. The minimum Gasteiger partial charge on any atom is -0.481 e. The molecular formula is C13H17NO3. The molecule has 0 amide bonds. The third kappa shape index (κ3) is 3.59. The van der Waals surface area contributed by atoms with Crippen LogP contribution in [0, 0.1) is 5.92 Å². The summed E-state index contributed by atoms with van der Waals surface area (Å²) >= 11 is 0. The Kier molecular flexibility index (Phi) is 4.26. The molecule has 1 rings (SSSR count). The molecule has 1 N–H and O–H groups in total. The summed E-state index contributed by atoms with van der Waals surface area (Å²) in [4.78, 5) is 23.7. The van der Waals surface area contributed by atoms with Gasteiger partial charge in [-0.05, 0) is 31.2 Å². The topological polar surface area (TPSA) is 57.6 Å². The Bertz CT molecular complexity index is 411. The number of anilines is 1. The first kappa shape index (κ1) is 13.2. The number of carbonyl (C=O) groups excluding carboxylic acids is 1. The van der Waals surface area contributed by atoms with Crippen molar-refractivity contribution in [3.63, 3.8) is 0 Å². The van der Waals surface area contributed by atoms with Gasteiger partial charge in [-0.15, -0.1) is 0 Å². The maximum absolute atomic E-state index is 11.1. The van der Waals surface area contributed by atoms with E-state index in [9.17, 15) is 9.59 Å². The van der Waals surface area contributed by atoms with Gasteiger partial charge in [-0.1, -0.05) is 6.92 Å². The number of nitrogens with zero attached hydrogens (tertiary/aromatic N) is 1. The molecule has 1 atom stereocenters. The molecule has 1 aromatic carbocycles. The first-order chi connectivity index (χ1) is 7.91. The second-order valence-corrected chi connectivity index (χ2v) is 4.22. The Morgan fingerprint density at radius 3 is 2.24 bits per heavy atom. The first-order valence-electron chi connectivity index (χ1n) is 5.46. The summed E-state index contributed by atoms with van der Waals surface area (Å²) in [6.45, 7) is 3.63. The second-order valence-electron chi connectivity index (χ2n) is 4.22. The molecule has 4 heteroatoms. The minimum absolute atomic E-state index is 0.0260. The molecule has 0 bridgehead atoms. The summed E-state index contributed by atoms with van der Waals surface area (Å²) in [5.74, 6) is -1.21. The van der Waals surface area contributed by atoms with Crippen molar-refractivity contribution in [2.75, 3.05) is 18.5 Å². The van der Waals surface area contributed by atoms with Crippen molar-refractivity contribution in [2.45, 2.75) is 13.8 Å². The number of Topliss-reactive ketones (excluding diaryl/α,β-unsaturated/α-hetero) is 1. The van der Waals surface area contributed by atoms with E-state index in [0.717, 1.165) is 5.69 Å². The summed E-state index contributed by atoms with van der Waals surface area (Å²) in [6, 6.07) is 7.15. The summed E-state index contributed by atoms with van der Waals surface area (Å²) in [5, 5.41) is 8.82. The van der Waals surface area contributed by atoms with Crippen LogP contribution >= 0.6 is 0 Å². The quantitative estimate of drug-likeness (QED) is 0.793. The number of hydrogen-bond donors (Lipinski definition) is 1. The molecule has 0 aliphatic rings. The number of hydrogen-bond acceptors (Lipinski definition) is 3. The molecule has 0 saturated carbocycles. The maximum atomic E-state index is 11.1. The highest BCUT2D eigenvalue weighted by atomic mass is 16.4. The van der Waals surface area contributed by atoms with Gasteiger partial charge in [0, 0.05) is 24.8 Å². The average Bonchev–Trinajstić information content (AvgIpc) is 2.28. The Labute approximate surface area is 101 Å². The van der Waals surface area contributed by atoms with Gasteiger partial charge in [0.15, 0.2) is 5.78 Å². The fourth-order valence-corrected chi connectivity index (χ4v) is 1.54. The van der Waals surface area contributed by atoms with Crippen molar-refractivity contribution in [1.82, 2.24) is 0 Å². The maximum Gasteiger partial charge on any atom is 0.308 e. The number of carboxylic acid groups (broad SMARTS) is 1. The van der Waals surface area contributed by atoms with Crippen molar-refractivity contribution < 1.29 is 14.7 Å². The zero-order valence-electron chi connectivity index (χ0n) is 10.3. The highest BCUT2D eigenvalue weighted by Crippen LogP contribution is 2.15. The summed E-state index contributed by atoms with van der Waals surface area (Å²) in [5.41, 5.74) is 1.57. The molecule has 0 radical (unpaired) electrons. The van der Waals surface area contributed by atoms with E-state index in [0.29, 0.717) is 12.1 Å². The van der Waals surface area contributed by atoms with Gasteiger partial charge in [-0.25, -0.2) is 0 Å². The van der Waals surface area contributed by atoms with Crippen molar-refractivity contribution in [1.29, 1.82) is 0 Å². The Morgan fingerprint density at radius 1 is 1.29 bits per heavy atom. The lowest BCUT2D eigenvalue weighted by atomic mass is 10.1. The van der Waals surface area contributed by atoms with E-state index in [1.807, 2.05) is 24.1 Å². The lowest BCUT2D eigenvalue weighted by Crippen LogP contribution is -2.28. The van der Waals surface area contributed by atoms with Crippen LogP contribution in [0.1, 0.15) is 24.2 Å². The highest BCUT2D eigenvalue weighted by Gasteiger charge is 2.13. The molecule has 0 fully saturated rings. The Hall–Kier alpha value is -1.84. The third-order valence-electron chi connectivity index (χ3n) is 2.68. The van der Waals surface area contributed by atoms with Gasteiger partial charge in [0.25, 0.3) is 0 Å². The number of carboxylic acids is 1. The van der Waals surface area contributed by atoms with E-state index < -0.39 is 11.9 Å². The van der Waals surface area contributed by atoms with Crippen LogP contribution in [0.2, 0.25) is 0 Å². The molecule has 0 spiro atoms. The van der Waals surface area contributed by atoms with Crippen LogP contribution < -0.4 is 4.90 Å². The zero-order chi connectivity index (χ0) is 13.0. The van der Waals surface area contributed by atoms with E-state index >= 15 is 0 Å². The highest BCUT2D eigenvalue weighted by molar-refractivity contribution is 5.94. The summed E-state index contributed by atoms with van der Waals surface area (Å²) in [7, 11) is 1.84. The van der Waals surface area contributed by atoms with Crippen molar-refractivity contribution in [3.05, 3.63) is 29.8 Å². The molecule has 0 aliphatic heterocycles. The van der Waals surface area contributed by atoms with E-state index in [1.165, 1.54) is 6.92 Å². The zero-order valence-corrected chi connectivity index (χ0v) is 10.3. The first-order valence-corrected chi connectivity index (χ1v) is 5.46. The smallest absolute Gasteiger partial charge is 0.308 e. The minimum atomic E-state index is -0.808. The van der Waals surface area contributed by atoms with Crippen molar-refractivity contribution in [3.8, 4) is 0 Å². The molecule has 17 heavy (non-hydrogen) atoms. The van der Waals surface area contributed by atoms with Crippen molar-refractivity contribution >= 4 is 17.4 Å². The van der Waals surface area contributed by atoms with E-state index in [1.54, 1.807) is 19.1 Å². The molecule has 0 aliphatic carbocycles. The van der Waals surface area contributed by atoms with Gasteiger partial charge >= 0.3 is 5.97 Å². The number of carbonyl (C=O) groups is 2. The second kappa shape index (κ2) is 5.48. The van der Waals surface area contributed by atoms with Crippen LogP contribution in [0.15, 0.2) is 24.3 Å². The standard InChI is InChI=1S/C13H17NO3/c1-9(13(16)17)8-14(3)12-6-4-11(5-7-12)10(2)15/h4-7,9H,8H2,1-3H3,(H,16,17). The fourth-order valence-electron chi connectivity index (χ4n) is 1.54. The van der Waals surface area contributed by atoms with Crippen LogP contribution in [0.3, 0.4) is 0 Å². The monoisotopic (exact) mass is 235 g/mol. The molecule has 0 saturated heterocycles. The van der Waals surface area contributed by atoms with Gasteiger partial charge in [0.2, 0.25) is 0 Å². The largest absolute Gasteiger partial charge is 0.481 e. The van der Waals surface area contributed by atoms with E-state index in [-0.39, 0.29) is 5.78 Å².